The molecule has 0 spiro atoms. The summed E-state index contributed by atoms with van der Waals surface area (Å²) >= 11 is 0. The van der Waals surface area contributed by atoms with Gasteiger partial charge in [-0.15, -0.1) is 10.2 Å². The van der Waals surface area contributed by atoms with E-state index in [1.165, 1.54) is 0 Å². The van der Waals surface area contributed by atoms with Crippen molar-refractivity contribution in [2.75, 3.05) is 19.6 Å². The minimum Gasteiger partial charge on any atom is -0.320 e. The normalized spacial score (nSPS) is 24.0. The Bertz CT molecular complexity index is 295. The Morgan fingerprint density at radius 1 is 1.64 bits per heavy atom. The maximum Gasteiger partial charge on any atom is 0.146 e. The topological polar surface area (TPSA) is 46.0 Å². The van der Waals surface area contributed by atoms with Gasteiger partial charge in [-0.1, -0.05) is 0 Å². The second-order valence-electron chi connectivity index (χ2n) is 3.88. The molecule has 1 aliphatic heterocycles. The first-order chi connectivity index (χ1) is 6.77. The van der Waals surface area contributed by atoms with Crippen molar-refractivity contribution in [3.05, 3.63) is 12.2 Å². The fraction of sp³-hybridized carbons (Fsp3) is 0.778. The van der Waals surface area contributed by atoms with E-state index in [9.17, 15) is 0 Å². The Labute approximate surface area is 84.1 Å². The Kier molecular flexibility index (Phi) is 2.79. The highest BCUT2D eigenvalue weighted by Crippen LogP contribution is 2.06. The van der Waals surface area contributed by atoms with Gasteiger partial charge in [0.15, 0.2) is 0 Å². The molecular weight excluding hydrogens is 178 g/mol. The van der Waals surface area contributed by atoms with E-state index in [4.69, 9.17) is 0 Å². The zero-order valence-corrected chi connectivity index (χ0v) is 8.77. The van der Waals surface area contributed by atoms with Crippen LogP contribution in [0, 0.1) is 0 Å². The number of nitrogens with zero attached hydrogens (tertiary/aromatic N) is 4. The predicted molar refractivity (Wildman–Crippen MR) is 53.7 cm³/mol. The maximum atomic E-state index is 4.10. The van der Waals surface area contributed by atoms with Crippen LogP contribution in [-0.2, 0) is 13.6 Å². The monoisotopic (exact) mass is 195 g/mol. The molecule has 1 atom stereocenters. The quantitative estimate of drug-likeness (QED) is 0.698. The molecule has 0 aliphatic carbocycles. The van der Waals surface area contributed by atoms with Gasteiger partial charge in [0.1, 0.15) is 12.2 Å². The van der Waals surface area contributed by atoms with Gasteiger partial charge in [0.25, 0.3) is 0 Å². The van der Waals surface area contributed by atoms with Gasteiger partial charge in [0, 0.05) is 32.7 Å². The van der Waals surface area contributed by atoms with Crippen LogP contribution in [0.15, 0.2) is 6.33 Å². The van der Waals surface area contributed by atoms with Crippen LogP contribution in [0.1, 0.15) is 12.7 Å². The van der Waals surface area contributed by atoms with E-state index >= 15 is 0 Å². The van der Waals surface area contributed by atoms with Crippen LogP contribution < -0.4 is 5.32 Å². The van der Waals surface area contributed by atoms with E-state index in [0.717, 1.165) is 32.0 Å². The average molecular weight is 195 g/mol. The molecule has 1 saturated heterocycles. The molecule has 0 aromatic carbocycles. The zero-order chi connectivity index (χ0) is 9.97. The van der Waals surface area contributed by atoms with Crippen LogP contribution in [0.4, 0.5) is 0 Å². The zero-order valence-electron chi connectivity index (χ0n) is 8.77. The lowest BCUT2D eigenvalue weighted by molar-refractivity contribution is 0.160. The van der Waals surface area contributed by atoms with Crippen LogP contribution in [0.2, 0.25) is 0 Å². The molecular formula is C9H17N5. The average Bonchev–Trinajstić information content (AvgIpc) is 2.56. The van der Waals surface area contributed by atoms with Crippen molar-refractivity contribution >= 4 is 0 Å². The molecule has 1 fully saturated rings. The van der Waals surface area contributed by atoms with E-state index < -0.39 is 0 Å². The van der Waals surface area contributed by atoms with Crippen LogP contribution in [0.25, 0.3) is 0 Å². The van der Waals surface area contributed by atoms with Crippen molar-refractivity contribution in [1.82, 2.24) is 25.0 Å². The van der Waals surface area contributed by atoms with Crippen LogP contribution in [0.3, 0.4) is 0 Å². The summed E-state index contributed by atoms with van der Waals surface area (Å²) in [6.07, 6.45) is 1.75. The number of nitrogens with one attached hydrogen (secondary N) is 1. The molecule has 0 amide bonds. The van der Waals surface area contributed by atoms with Crippen molar-refractivity contribution in [1.29, 1.82) is 0 Å². The number of aromatic nitrogens is 3. The molecule has 5 heteroatoms. The molecule has 0 saturated carbocycles. The minimum atomic E-state index is 0.584. The Morgan fingerprint density at radius 3 is 3.14 bits per heavy atom. The van der Waals surface area contributed by atoms with E-state index in [2.05, 4.69) is 27.3 Å². The number of hydrogen-bond acceptors (Lipinski definition) is 4. The minimum absolute atomic E-state index is 0.584. The molecule has 5 nitrogen and oxygen atoms in total. The summed E-state index contributed by atoms with van der Waals surface area (Å²) in [5.41, 5.74) is 0. The summed E-state index contributed by atoms with van der Waals surface area (Å²) < 4.78 is 1.98. The van der Waals surface area contributed by atoms with E-state index in [0.29, 0.717) is 6.04 Å². The predicted octanol–water partition coefficient (Wildman–Crippen LogP) is -0.391. The summed E-state index contributed by atoms with van der Waals surface area (Å²) in [7, 11) is 1.99. The molecule has 2 heterocycles. The second kappa shape index (κ2) is 4.06. The third-order valence-corrected chi connectivity index (χ3v) is 2.79. The van der Waals surface area contributed by atoms with Gasteiger partial charge in [-0.25, -0.2) is 0 Å². The van der Waals surface area contributed by atoms with Gasteiger partial charge in [0.2, 0.25) is 0 Å². The summed E-state index contributed by atoms with van der Waals surface area (Å²) in [5.74, 6) is 1.04. The molecule has 2 rings (SSSR count). The lowest BCUT2D eigenvalue weighted by atomic mass is 10.2. The van der Waals surface area contributed by atoms with Crippen molar-refractivity contribution in [2.24, 2.45) is 7.05 Å². The van der Waals surface area contributed by atoms with Crippen molar-refractivity contribution in [3.8, 4) is 0 Å². The Morgan fingerprint density at radius 2 is 2.50 bits per heavy atom. The van der Waals surface area contributed by atoms with E-state index in [1.54, 1.807) is 6.33 Å². The molecule has 1 aromatic rings. The highest BCUT2D eigenvalue weighted by molar-refractivity contribution is 4.87. The second-order valence-corrected chi connectivity index (χ2v) is 3.88. The van der Waals surface area contributed by atoms with E-state index in [1.807, 2.05) is 11.6 Å². The van der Waals surface area contributed by atoms with Gasteiger partial charge in [-0.05, 0) is 6.92 Å². The third kappa shape index (κ3) is 1.93. The third-order valence-electron chi connectivity index (χ3n) is 2.79. The molecule has 1 unspecified atom stereocenters. The number of aryl methyl sites for hydroxylation is 1. The molecule has 0 bridgehead atoms. The number of rotatable bonds is 2. The summed E-state index contributed by atoms with van der Waals surface area (Å²) in [5, 5.41) is 11.4. The number of piperazine rings is 1. The molecule has 0 radical (unpaired) electrons. The lowest BCUT2D eigenvalue weighted by Crippen LogP contribution is -2.49. The molecule has 1 aliphatic rings. The lowest BCUT2D eigenvalue weighted by Gasteiger charge is -2.33. The van der Waals surface area contributed by atoms with Crippen LogP contribution >= 0.6 is 0 Å². The highest BCUT2D eigenvalue weighted by atomic mass is 15.3. The van der Waals surface area contributed by atoms with Gasteiger partial charge in [0.05, 0.1) is 6.54 Å². The van der Waals surface area contributed by atoms with Gasteiger partial charge < -0.3 is 9.88 Å². The standard InChI is InChI=1S/C9H17N5/c1-8-5-10-3-4-14(8)6-9-12-11-7-13(9)2/h7-8,10H,3-6H2,1-2H3. The summed E-state index contributed by atoms with van der Waals surface area (Å²) in [6, 6.07) is 0.584. The fourth-order valence-corrected chi connectivity index (χ4v) is 1.75. The van der Waals surface area contributed by atoms with Gasteiger partial charge in [-0.2, -0.15) is 0 Å². The first-order valence-corrected chi connectivity index (χ1v) is 5.05. The van der Waals surface area contributed by atoms with Gasteiger partial charge >= 0.3 is 0 Å². The number of hydrogen-bond donors (Lipinski definition) is 1. The smallest absolute Gasteiger partial charge is 0.146 e. The molecule has 14 heavy (non-hydrogen) atoms. The van der Waals surface area contributed by atoms with Crippen molar-refractivity contribution in [3.63, 3.8) is 0 Å². The van der Waals surface area contributed by atoms with E-state index in [-0.39, 0.29) is 0 Å². The molecule has 1 aromatic heterocycles. The van der Waals surface area contributed by atoms with Crippen LogP contribution in [0.5, 0.6) is 0 Å². The van der Waals surface area contributed by atoms with Crippen molar-refractivity contribution in [2.45, 2.75) is 19.5 Å². The maximum absolute atomic E-state index is 4.10. The molecule has 78 valence electrons. The summed E-state index contributed by atoms with van der Waals surface area (Å²) in [6.45, 7) is 6.37. The largest absolute Gasteiger partial charge is 0.320 e. The Balaban J connectivity index is 1.99. The first-order valence-electron chi connectivity index (χ1n) is 5.05. The Hall–Kier alpha value is -0.940. The first kappa shape index (κ1) is 9.61. The highest BCUT2D eigenvalue weighted by Gasteiger charge is 2.19. The fourth-order valence-electron chi connectivity index (χ4n) is 1.75. The van der Waals surface area contributed by atoms with Gasteiger partial charge in [-0.3, -0.25) is 4.90 Å². The molecule has 1 N–H and O–H groups in total. The van der Waals surface area contributed by atoms with Crippen molar-refractivity contribution < 1.29 is 0 Å². The van der Waals surface area contributed by atoms with Crippen LogP contribution in [-0.4, -0.2) is 45.3 Å². The summed E-state index contributed by atoms with van der Waals surface area (Å²) in [4.78, 5) is 2.43. The SMILES string of the molecule is CC1CNCCN1Cc1nncn1C.